The van der Waals surface area contributed by atoms with Gasteiger partial charge in [-0.15, -0.1) is 0 Å². The maximum atomic E-state index is 12.1. The molecule has 0 aliphatic heterocycles. The Morgan fingerprint density at radius 3 is 2.12 bits per heavy atom. The number of rotatable bonds is 8. The summed E-state index contributed by atoms with van der Waals surface area (Å²) >= 11 is 0. The molecule has 0 saturated carbocycles. The summed E-state index contributed by atoms with van der Waals surface area (Å²) in [5, 5.41) is 2.82. The molecule has 2 rings (SSSR count). The van der Waals surface area contributed by atoms with E-state index in [1.807, 2.05) is 32.0 Å². The monoisotopic (exact) mass is 359 g/mol. The first kappa shape index (κ1) is 19.4. The van der Waals surface area contributed by atoms with Crippen LogP contribution in [0.1, 0.15) is 16.7 Å². The van der Waals surface area contributed by atoms with Gasteiger partial charge in [-0.05, 0) is 43.2 Å². The molecule has 0 heterocycles. The summed E-state index contributed by atoms with van der Waals surface area (Å²) in [5.41, 5.74) is 2.99. The Morgan fingerprint density at radius 2 is 1.58 bits per heavy atom. The van der Waals surface area contributed by atoms with E-state index in [0.29, 0.717) is 29.5 Å². The number of nitrogens with one attached hydrogen (secondary N) is 1. The second-order valence-electron chi connectivity index (χ2n) is 5.87. The molecule has 2 aromatic rings. The standard InChI is InChI=1S/C20H25NO5/c1-13-6-7-16(14(2)8-13)26-12-19(22)21-11-15-9-17(23-3)20(25-5)18(10-15)24-4/h6-10H,11-12H2,1-5H3,(H,21,22). The third-order valence-corrected chi connectivity index (χ3v) is 3.90. The van der Waals surface area contributed by atoms with Gasteiger partial charge in [-0.2, -0.15) is 0 Å². The first-order valence-electron chi connectivity index (χ1n) is 8.24. The van der Waals surface area contributed by atoms with E-state index in [1.165, 1.54) is 0 Å². The van der Waals surface area contributed by atoms with E-state index in [1.54, 1.807) is 33.5 Å². The lowest BCUT2D eigenvalue weighted by Gasteiger charge is -2.14. The number of amides is 1. The molecule has 0 aliphatic rings. The van der Waals surface area contributed by atoms with Gasteiger partial charge in [0, 0.05) is 6.54 Å². The van der Waals surface area contributed by atoms with Crippen molar-refractivity contribution in [3.8, 4) is 23.0 Å². The Morgan fingerprint density at radius 1 is 0.923 bits per heavy atom. The van der Waals surface area contributed by atoms with Crippen LogP contribution in [0.3, 0.4) is 0 Å². The summed E-state index contributed by atoms with van der Waals surface area (Å²) in [6, 6.07) is 9.44. The second kappa shape index (κ2) is 8.99. The molecule has 0 spiro atoms. The van der Waals surface area contributed by atoms with Crippen LogP contribution in [0.25, 0.3) is 0 Å². The van der Waals surface area contributed by atoms with Crippen LogP contribution in [0.5, 0.6) is 23.0 Å². The highest BCUT2D eigenvalue weighted by Gasteiger charge is 2.13. The number of aryl methyl sites for hydroxylation is 2. The molecule has 0 radical (unpaired) electrons. The third kappa shape index (κ3) is 4.81. The molecule has 6 heteroatoms. The molecule has 0 unspecified atom stereocenters. The van der Waals surface area contributed by atoms with Gasteiger partial charge in [0.1, 0.15) is 5.75 Å². The second-order valence-corrected chi connectivity index (χ2v) is 5.87. The predicted octanol–water partition coefficient (Wildman–Crippen LogP) is 3.02. The van der Waals surface area contributed by atoms with Crippen LogP contribution in [0.2, 0.25) is 0 Å². The Labute approximate surface area is 154 Å². The van der Waals surface area contributed by atoms with E-state index in [9.17, 15) is 4.79 Å². The van der Waals surface area contributed by atoms with Crippen molar-refractivity contribution in [3.63, 3.8) is 0 Å². The zero-order valence-corrected chi connectivity index (χ0v) is 15.8. The molecule has 26 heavy (non-hydrogen) atoms. The van der Waals surface area contributed by atoms with E-state index < -0.39 is 0 Å². The third-order valence-electron chi connectivity index (χ3n) is 3.90. The average molecular weight is 359 g/mol. The first-order valence-corrected chi connectivity index (χ1v) is 8.24. The van der Waals surface area contributed by atoms with Gasteiger partial charge in [0.15, 0.2) is 18.1 Å². The Kier molecular flexibility index (Phi) is 6.72. The molecule has 140 valence electrons. The Hall–Kier alpha value is -2.89. The smallest absolute Gasteiger partial charge is 0.258 e. The van der Waals surface area contributed by atoms with E-state index in [-0.39, 0.29) is 12.5 Å². The molecule has 0 atom stereocenters. The summed E-state index contributed by atoms with van der Waals surface area (Å²) in [6.45, 7) is 4.25. The Bertz CT molecular complexity index is 748. The number of methoxy groups -OCH3 is 3. The Balaban J connectivity index is 1.96. The zero-order chi connectivity index (χ0) is 19.1. The topological polar surface area (TPSA) is 66.0 Å². The highest BCUT2D eigenvalue weighted by Crippen LogP contribution is 2.38. The summed E-state index contributed by atoms with van der Waals surface area (Å²) in [5.74, 6) is 2.10. The van der Waals surface area contributed by atoms with Crippen molar-refractivity contribution < 1.29 is 23.7 Å². The lowest BCUT2D eigenvalue weighted by molar-refractivity contribution is -0.123. The lowest BCUT2D eigenvalue weighted by atomic mass is 10.1. The van der Waals surface area contributed by atoms with Crippen molar-refractivity contribution in [1.29, 1.82) is 0 Å². The minimum absolute atomic E-state index is 0.0473. The summed E-state index contributed by atoms with van der Waals surface area (Å²) in [6.07, 6.45) is 0. The van der Waals surface area contributed by atoms with Gasteiger partial charge in [0.05, 0.1) is 21.3 Å². The van der Waals surface area contributed by atoms with Crippen LogP contribution in [0.15, 0.2) is 30.3 Å². The van der Waals surface area contributed by atoms with Crippen molar-refractivity contribution in [2.24, 2.45) is 0 Å². The SMILES string of the molecule is COc1cc(CNC(=O)COc2ccc(C)cc2C)cc(OC)c1OC. The number of hydrogen-bond acceptors (Lipinski definition) is 5. The molecule has 0 fully saturated rings. The van der Waals surface area contributed by atoms with Crippen molar-refractivity contribution >= 4 is 5.91 Å². The molecule has 1 amide bonds. The van der Waals surface area contributed by atoms with E-state index in [2.05, 4.69) is 5.32 Å². The predicted molar refractivity (Wildman–Crippen MR) is 99.4 cm³/mol. The molecule has 2 aromatic carbocycles. The van der Waals surface area contributed by atoms with E-state index >= 15 is 0 Å². The van der Waals surface area contributed by atoms with Crippen LogP contribution in [0, 0.1) is 13.8 Å². The van der Waals surface area contributed by atoms with Crippen LogP contribution < -0.4 is 24.3 Å². The zero-order valence-electron chi connectivity index (χ0n) is 15.8. The summed E-state index contributed by atoms with van der Waals surface area (Å²) in [4.78, 5) is 12.1. The molecular formula is C20H25NO5. The number of hydrogen-bond donors (Lipinski definition) is 1. The molecule has 0 bridgehead atoms. The van der Waals surface area contributed by atoms with Crippen molar-refractivity contribution in [3.05, 3.63) is 47.0 Å². The minimum Gasteiger partial charge on any atom is -0.493 e. The molecule has 0 aliphatic carbocycles. The normalized spacial score (nSPS) is 10.2. The quantitative estimate of drug-likeness (QED) is 0.785. The van der Waals surface area contributed by atoms with Crippen LogP contribution in [-0.4, -0.2) is 33.8 Å². The first-order chi connectivity index (χ1) is 12.5. The number of benzene rings is 2. The molecule has 0 saturated heterocycles. The fourth-order valence-corrected chi connectivity index (χ4v) is 2.59. The van der Waals surface area contributed by atoms with Gasteiger partial charge in [0.2, 0.25) is 5.75 Å². The van der Waals surface area contributed by atoms with Crippen molar-refractivity contribution in [2.45, 2.75) is 20.4 Å². The van der Waals surface area contributed by atoms with Crippen LogP contribution in [0.4, 0.5) is 0 Å². The highest BCUT2D eigenvalue weighted by molar-refractivity contribution is 5.77. The largest absolute Gasteiger partial charge is 0.493 e. The van der Waals surface area contributed by atoms with Gasteiger partial charge in [-0.1, -0.05) is 17.7 Å². The lowest BCUT2D eigenvalue weighted by Crippen LogP contribution is -2.28. The van der Waals surface area contributed by atoms with Gasteiger partial charge in [-0.3, -0.25) is 4.79 Å². The summed E-state index contributed by atoms with van der Waals surface area (Å²) in [7, 11) is 4.65. The van der Waals surface area contributed by atoms with Gasteiger partial charge < -0.3 is 24.3 Å². The van der Waals surface area contributed by atoms with Gasteiger partial charge >= 0.3 is 0 Å². The van der Waals surface area contributed by atoms with Gasteiger partial charge in [0.25, 0.3) is 5.91 Å². The molecular weight excluding hydrogens is 334 g/mol. The maximum Gasteiger partial charge on any atom is 0.258 e. The molecule has 6 nitrogen and oxygen atoms in total. The van der Waals surface area contributed by atoms with Crippen LogP contribution >= 0.6 is 0 Å². The number of carbonyl (C=O) groups excluding carboxylic acids is 1. The fourth-order valence-electron chi connectivity index (χ4n) is 2.59. The van der Waals surface area contributed by atoms with Crippen molar-refractivity contribution in [1.82, 2.24) is 5.32 Å². The summed E-state index contributed by atoms with van der Waals surface area (Å²) < 4.78 is 21.5. The minimum atomic E-state index is -0.210. The number of carbonyl (C=O) groups is 1. The van der Waals surface area contributed by atoms with E-state index in [0.717, 1.165) is 16.7 Å². The van der Waals surface area contributed by atoms with Gasteiger partial charge in [-0.25, -0.2) is 0 Å². The molecule has 1 N–H and O–H groups in total. The fraction of sp³-hybridized carbons (Fsp3) is 0.350. The molecule has 0 aromatic heterocycles. The highest BCUT2D eigenvalue weighted by atomic mass is 16.5. The average Bonchev–Trinajstić information content (AvgIpc) is 2.64. The van der Waals surface area contributed by atoms with E-state index in [4.69, 9.17) is 18.9 Å². The number of ether oxygens (including phenoxy) is 4. The maximum absolute atomic E-state index is 12.1. The van der Waals surface area contributed by atoms with Crippen LogP contribution in [-0.2, 0) is 11.3 Å². The van der Waals surface area contributed by atoms with Crippen molar-refractivity contribution in [2.75, 3.05) is 27.9 Å².